The Bertz CT molecular complexity index is 831. The van der Waals surface area contributed by atoms with E-state index in [0.717, 1.165) is 11.8 Å². The van der Waals surface area contributed by atoms with Gasteiger partial charge in [0.15, 0.2) is 12.4 Å². The van der Waals surface area contributed by atoms with Crippen molar-refractivity contribution in [2.75, 3.05) is 6.61 Å². The van der Waals surface area contributed by atoms with Crippen LogP contribution in [-0.2, 0) is 4.79 Å². The highest BCUT2D eigenvalue weighted by molar-refractivity contribution is 6.08. The molecule has 0 radical (unpaired) electrons. The second-order valence-electron chi connectivity index (χ2n) is 8.20. The van der Waals surface area contributed by atoms with E-state index >= 15 is 0 Å². The number of ether oxygens (including phenoxy) is 1. The van der Waals surface area contributed by atoms with Crippen LogP contribution < -0.4 is 10.1 Å². The summed E-state index contributed by atoms with van der Waals surface area (Å²) in [4.78, 5) is 24.7. The zero-order valence-electron chi connectivity index (χ0n) is 16.3. The van der Waals surface area contributed by atoms with Gasteiger partial charge in [-0.05, 0) is 68.2 Å². The molecule has 4 rings (SSSR count). The van der Waals surface area contributed by atoms with Gasteiger partial charge >= 0.3 is 0 Å². The third-order valence-corrected chi connectivity index (χ3v) is 6.35. The number of fused-ring (bicyclic) bond motifs is 2. The van der Waals surface area contributed by atoms with Crippen molar-refractivity contribution in [3.05, 3.63) is 65.7 Å². The minimum absolute atomic E-state index is 0.00284. The first-order valence-corrected chi connectivity index (χ1v) is 10.2. The maximum absolute atomic E-state index is 12.4. The van der Waals surface area contributed by atoms with E-state index in [4.69, 9.17) is 4.74 Å². The molecule has 2 aromatic carbocycles. The fraction of sp³-hybridized carbons (Fsp3) is 0.417. The van der Waals surface area contributed by atoms with Crippen molar-refractivity contribution >= 4 is 11.7 Å². The topological polar surface area (TPSA) is 55.4 Å². The van der Waals surface area contributed by atoms with E-state index < -0.39 is 0 Å². The highest BCUT2D eigenvalue weighted by Crippen LogP contribution is 2.49. The molecule has 2 aliphatic rings. The van der Waals surface area contributed by atoms with Gasteiger partial charge in [0.05, 0.1) is 0 Å². The predicted octanol–water partition coefficient (Wildman–Crippen LogP) is 4.24. The number of hydrogen-bond donors (Lipinski definition) is 1. The van der Waals surface area contributed by atoms with Gasteiger partial charge in [0.1, 0.15) is 5.75 Å². The van der Waals surface area contributed by atoms with Gasteiger partial charge in [-0.2, -0.15) is 0 Å². The summed E-state index contributed by atoms with van der Waals surface area (Å²) >= 11 is 0. The van der Waals surface area contributed by atoms with Gasteiger partial charge in [-0.1, -0.05) is 36.8 Å². The van der Waals surface area contributed by atoms with Crippen LogP contribution in [0.2, 0.25) is 0 Å². The molecule has 0 saturated heterocycles. The molecule has 4 unspecified atom stereocenters. The minimum atomic E-state index is -0.0836. The van der Waals surface area contributed by atoms with Crippen molar-refractivity contribution in [2.24, 2.45) is 17.8 Å². The quantitative estimate of drug-likeness (QED) is 0.735. The van der Waals surface area contributed by atoms with Crippen molar-refractivity contribution < 1.29 is 14.3 Å². The molecule has 1 N–H and O–H groups in total. The molecule has 146 valence electrons. The van der Waals surface area contributed by atoms with Crippen molar-refractivity contribution in [3.63, 3.8) is 0 Å². The van der Waals surface area contributed by atoms with Crippen molar-refractivity contribution in [2.45, 2.75) is 38.6 Å². The Morgan fingerprint density at radius 2 is 1.71 bits per heavy atom. The highest BCUT2D eigenvalue weighted by atomic mass is 16.5. The largest absolute Gasteiger partial charge is 0.484 e. The first-order chi connectivity index (χ1) is 13.6. The lowest BCUT2D eigenvalue weighted by Gasteiger charge is -2.28. The summed E-state index contributed by atoms with van der Waals surface area (Å²) in [6.45, 7) is 2.12. The number of carbonyl (C=O) groups excluding carboxylic acids is 2. The van der Waals surface area contributed by atoms with E-state index in [2.05, 4.69) is 12.2 Å². The molecule has 0 heterocycles. The molecule has 2 aliphatic carbocycles. The lowest BCUT2D eigenvalue weighted by atomic mass is 9.84. The van der Waals surface area contributed by atoms with Crippen LogP contribution in [-0.4, -0.2) is 24.3 Å². The van der Waals surface area contributed by atoms with Gasteiger partial charge in [-0.25, -0.2) is 0 Å². The van der Waals surface area contributed by atoms with E-state index in [1.54, 1.807) is 36.4 Å². The maximum atomic E-state index is 12.4. The highest BCUT2D eigenvalue weighted by Gasteiger charge is 2.42. The number of rotatable bonds is 7. The molecule has 2 fully saturated rings. The van der Waals surface area contributed by atoms with Crippen LogP contribution in [0.5, 0.6) is 5.75 Å². The Morgan fingerprint density at radius 1 is 1.00 bits per heavy atom. The normalized spacial score (nSPS) is 24.0. The number of hydrogen-bond acceptors (Lipinski definition) is 3. The summed E-state index contributed by atoms with van der Waals surface area (Å²) in [7, 11) is 0. The van der Waals surface area contributed by atoms with Crippen LogP contribution >= 0.6 is 0 Å². The van der Waals surface area contributed by atoms with Crippen LogP contribution in [0.1, 0.15) is 48.5 Å². The van der Waals surface area contributed by atoms with Crippen molar-refractivity contribution in [1.29, 1.82) is 0 Å². The van der Waals surface area contributed by atoms with Crippen LogP contribution in [0, 0.1) is 17.8 Å². The second-order valence-corrected chi connectivity index (χ2v) is 8.20. The van der Waals surface area contributed by atoms with Gasteiger partial charge in [0.25, 0.3) is 5.91 Å². The molecule has 0 aromatic heterocycles. The lowest BCUT2D eigenvalue weighted by Crippen LogP contribution is -2.42. The standard InChI is InChI=1S/C24H27NO3/c1-16(22-14-17-7-8-20(22)13-17)25-23(26)15-28-21-11-9-19(10-12-21)24(27)18-5-3-2-4-6-18/h2-6,9-12,16-17,20,22H,7-8,13-15H2,1H3,(H,25,26). The van der Waals surface area contributed by atoms with Crippen LogP contribution in [0.15, 0.2) is 54.6 Å². The van der Waals surface area contributed by atoms with E-state index in [1.165, 1.54) is 25.7 Å². The second kappa shape index (κ2) is 8.17. The van der Waals surface area contributed by atoms with E-state index in [-0.39, 0.29) is 24.3 Å². The summed E-state index contributed by atoms with van der Waals surface area (Å²) < 4.78 is 5.61. The predicted molar refractivity (Wildman–Crippen MR) is 108 cm³/mol. The minimum Gasteiger partial charge on any atom is -0.484 e. The third-order valence-electron chi connectivity index (χ3n) is 6.35. The molecule has 4 heteroatoms. The number of nitrogens with one attached hydrogen (secondary N) is 1. The molecular formula is C24H27NO3. The molecule has 4 atom stereocenters. The summed E-state index contributed by atoms with van der Waals surface area (Å²) in [6, 6.07) is 16.3. The maximum Gasteiger partial charge on any atom is 0.258 e. The van der Waals surface area contributed by atoms with E-state index in [1.807, 2.05) is 18.2 Å². The summed E-state index contributed by atoms with van der Waals surface area (Å²) in [6.07, 6.45) is 5.28. The zero-order valence-corrected chi connectivity index (χ0v) is 16.3. The Kier molecular flexibility index (Phi) is 5.47. The van der Waals surface area contributed by atoms with Gasteiger partial charge in [-0.15, -0.1) is 0 Å². The molecule has 1 amide bonds. The molecule has 0 spiro atoms. The number of amides is 1. The summed E-state index contributed by atoms with van der Waals surface area (Å²) in [5.41, 5.74) is 1.26. The third kappa shape index (κ3) is 4.11. The van der Waals surface area contributed by atoms with Crippen LogP contribution in [0.4, 0.5) is 0 Å². The first kappa shape index (κ1) is 18.7. The average Bonchev–Trinajstić information content (AvgIpc) is 3.36. The van der Waals surface area contributed by atoms with Crippen molar-refractivity contribution in [1.82, 2.24) is 5.32 Å². The monoisotopic (exact) mass is 377 g/mol. The molecule has 2 bridgehead atoms. The Balaban J connectivity index is 1.26. The average molecular weight is 377 g/mol. The van der Waals surface area contributed by atoms with E-state index in [0.29, 0.717) is 22.8 Å². The molecular weight excluding hydrogens is 350 g/mol. The fourth-order valence-corrected chi connectivity index (χ4v) is 4.92. The molecule has 28 heavy (non-hydrogen) atoms. The SMILES string of the molecule is CC(NC(=O)COc1ccc(C(=O)c2ccccc2)cc1)C1CC2CCC1C2. The smallest absolute Gasteiger partial charge is 0.258 e. The van der Waals surface area contributed by atoms with E-state index in [9.17, 15) is 9.59 Å². The van der Waals surface area contributed by atoms with Crippen molar-refractivity contribution in [3.8, 4) is 5.75 Å². The summed E-state index contributed by atoms with van der Waals surface area (Å²) in [5, 5.41) is 3.11. The molecule has 2 aromatic rings. The van der Waals surface area contributed by atoms with Gasteiger partial charge < -0.3 is 10.1 Å². The van der Waals surface area contributed by atoms with Gasteiger partial charge in [0.2, 0.25) is 0 Å². The number of ketones is 1. The first-order valence-electron chi connectivity index (χ1n) is 10.2. The zero-order chi connectivity index (χ0) is 19.5. The molecule has 4 nitrogen and oxygen atoms in total. The Morgan fingerprint density at radius 3 is 2.36 bits per heavy atom. The fourth-order valence-electron chi connectivity index (χ4n) is 4.92. The summed E-state index contributed by atoms with van der Waals surface area (Å²) in [5.74, 6) is 2.77. The lowest BCUT2D eigenvalue weighted by molar-refractivity contribution is -0.124. The van der Waals surface area contributed by atoms with Gasteiger partial charge in [0, 0.05) is 17.2 Å². The van der Waals surface area contributed by atoms with Crippen LogP contribution in [0.3, 0.4) is 0 Å². The van der Waals surface area contributed by atoms with Crippen LogP contribution in [0.25, 0.3) is 0 Å². The number of benzene rings is 2. The molecule has 2 saturated carbocycles. The molecule has 0 aliphatic heterocycles. The Labute approximate surface area is 166 Å². The Hall–Kier alpha value is -2.62. The number of carbonyl (C=O) groups is 2. The van der Waals surface area contributed by atoms with Gasteiger partial charge in [-0.3, -0.25) is 9.59 Å².